The van der Waals surface area contributed by atoms with Crippen LogP contribution in [-0.4, -0.2) is 69.7 Å². The Bertz CT molecular complexity index is 408. The van der Waals surface area contributed by atoms with E-state index < -0.39 is 49.3 Å². The van der Waals surface area contributed by atoms with Gasteiger partial charge in [-0.15, -0.1) is 0 Å². The maximum atomic E-state index is 11.3. The van der Waals surface area contributed by atoms with Gasteiger partial charge >= 0.3 is 23.9 Å². The third-order valence-corrected chi connectivity index (χ3v) is 3.08. The summed E-state index contributed by atoms with van der Waals surface area (Å²) in [6.45, 7) is -1.64. The molecule has 0 rings (SSSR count). The van der Waals surface area contributed by atoms with Gasteiger partial charge in [-0.05, 0) is 12.8 Å². The second-order valence-corrected chi connectivity index (χ2v) is 5.25. The minimum absolute atomic E-state index is 0.0144. The highest BCUT2D eigenvalue weighted by Gasteiger charge is 2.19. The molecule has 2 atom stereocenters. The molecule has 0 aliphatic carbocycles. The van der Waals surface area contributed by atoms with Crippen LogP contribution in [0.3, 0.4) is 0 Å². The number of carbonyl (C=O) groups is 4. The van der Waals surface area contributed by atoms with E-state index in [4.69, 9.17) is 20.4 Å². The Morgan fingerprint density at radius 3 is 1.28 bits per heavy atom. The van der Waals surface area contributed by atoms with Crippen LogP contribution in [0, 0.1) is 0 Å². The summed E-state index contributed by atoms with van der Waals surface area (Å²) in [5, 5.41) is 34.9. The van der Waals surface area contributed by atoms with E-state index in [1.165, 1.54) is 0 Å². The fourth-order valence-electron chi connectivity index (χ4n) is 1.68. The quantitative estimate of drug-likeness (QED) is 0.183. The standard InChI is InChI=1S/C15H24O10/c16-8-10(18)14(22)24-12(20)6-4-2-1-3-5-7-13(21)25-15(23)11(19)9-17/h10-11,16-19H,1-9H2. The fraction of sp³-hybridized carbons (Fsp3) is 0.733. The Morgan fingerprint density at radius 1 is 0.640 bits per heavy atom. The minimum Gasteiger partial charge on any atom is -0.393 e. The van der Waals surface area contributed by atoms with E-state index >= 15 is 0 Å². The fourth-order valence-corrected chi connectivity index (χ4v) is 1.68. The van der Waals surface area contributed by atoms with Gasteiger partial charge in [-0.25, -0.2) is 9.59 Å². The van der Waals surface area contributed by atoms with Gasteiger partial charge in [0.25, 0.3) is 0 Å². The second kappa shape index (κ2) is 13.4. The van der Waals surface area contributed by atoms with E-state index in [1.807, 2.05) is 0 Å². The van der Waals surface area contributed by atoms with E-state index in [-0.39, 0.29) is 12.8 Å². The van der Waals surface area contributed by atoms with Crippen molar-refractivity contribution in [3.8, 4) is 0 Å². The third kappa shape index (κ3) is 11.3. The van der Waals surface area contributed by atoms with Gasteiger partial charge in [0.15, 0.2) is 12.2 Å². The molecule has 0 spiro atoms. The molecule has 0 saturated heterocycles. The number of esters is 4. The van der Waals surface area contributed by atoms with Crippen LogP contribution < -0.4 is 0 Å². The third-order valence-electron chi connectivity index (χ3n) is 3.08. The number of rotatable bonds is 12. The van der Waals surface area contributed by atoms with Crippen LogP contribution in [0.2, 0.25) is 0 Å². The maximum absolute atomic E-state index is 11.3. The van der Waals surface area contributed by atoms with E-state index in [0.29, 0.717) is 32.1 Å². The normalized spacial score (nSPS) is 13.0. The zero-order valence-electron chi connectivity index (χ0n) is 13.8. The molecule has 0 fully saturated rings. The molecule has 4 N–H and O–H groups in total. The van der Waals surface area contributed by atoms with Crippen LogP contribution in [-0.2, 0) is 28.7 Å². The number of aliphatic hydroxyl groups is 4. The topological polar surface area (TPSA) is 168 Å². The molecule has 25 heavy (non-hydrogen) atoms. The van der Waals surface area contributed by atoms with Crippen molar-refractivity contribution in [1.29, 1.82) is 0 Å². The molecule has 0 aliphatic heterocycles. The monoisotopic (exact) mass is 364 g/mol. The van der Waals surface area contributed by atoms with Crippen LogP contribution >= 0.6 is 0 Å². The lowest BCUT2D eigenvalue weighted by Gasteiger charge is -2.07. The van der Waals surface area contributed by atoms with Crippen molar-refractivity contribution in [2.24, 2.45) is 0 Å². The Labute approximate surface area is 144 Å². The van der Waals surface area contributed by atoms with Crippen LogP contribution in [0.15, 0.2) is 0 Å². The highest BCUT2D eigenvalue weighted by molar-refractivity contribution is 5.88. The summed E-state index contributed by atoms with van der Waals surface area (Å²) < 4.78 is 8.62. The summed E-state index contributed by atoms with van der Waals surface area (Å²) in [7, 11) is 0. The number of unbranched alkanes of at least 4 members (excludes halogenated alkanes) is 4. The smallest absolute Gasteiger partial charge is 0.345 e. The average molecular weight is 364 g/mol. The molecule has 0 saturated carbocycles. The number of hydrogen-bond donors (Lipinski definition) is 4. The molecule has 144 valence electrons. The molecular formula is C15H24O10. The van der Waals surface area contributed by atoms with Crippen molar-refractivity contribution in [3.05, 3.63) is 0 Å². The van der Waals surface area contributed by atoms with E-state index in [1.54, 1.807) is 0 Å². The van der Waals surface area contributed by atoms with Crippen LogP contribution in [0.4, 0.5) is 0 Å². The van der Waals surface area contributed by atoms with Gasteiger partial charge in [-0.3, -0.25) is 9.59 Å². The largest absolute Gasteiger partial charge is 0.393 e. The predicted octanol–water partition coefficient (Wildman–Crippen LogP) is -1.44. The second-order valence-electron chi connectivity index (χ2n) is 5.25. The summed E-state index contributed by atoms with van der Waals surface area (Å²) in [5.41, 5.74) is 0. The van der Waals surface area contributed by atoms with Gasteiger partial charge in [0.05, 0.1) is 13.2 Å². The molecule has 0 aromatic rings. The Balaban J connectivity index is 3.64. The van der Waals surface area contributed by atoms with E-state index in [0.717, 1.165) is 0 Å². The molecule has 0 heterocycles. The first-order valence-electron chi connectivity index (χ1n) is 7.88. The Kier molecular flexibility index (Phi) is 12.4. The lowest BCUT2D eigenvalue weighted by molar-refractivity contribution is -0.168. The first-order valence-corrected chi connectivity index (χ1v) is 7.88. The van der Waals surface area contributed by atoms with Crippen LogP contribution in [0.25, 0.3) is 0 Å². The summed E-state index contributed by atoms with van der Waals surface area (Å²) in [5.74, 6) is -3.96. The Morgan fingerprint density at radius 2 is 0.960 bits per heavy atom. The van der Waals surface area contributed by atoms with Gasteiger partial charge in [0.1, 0.15) is 0 Å². The number of aliphatic hydroxyl groups excluding tert-OH is 4. The average Bonchev–Trinajstić information content (AvgIpc) is 2.58. The maximum Gasteiger partial charge on any atom is 0.345 e. The molecule has 0 amide bonds. The van der Waals surface area contributed by atoms with Crippen LogP contribution in [0.1, 0.15) is 44.9 Å². The van der Waals surface area contributed by atoms with Crippen molar-refractivity contribution in [3.63, 3.8) is 0 Å². The Hall–Kier alpha value is -1.88. The molecular weight excluding hydrogens is 340 g/mol. The van der Waals surface area contributed by atoms with E-state index in [9.17, 15) is 19.2 Å². The van der Waals surface area contributed by atoms with Crippen molar-refractivity contribution in [2.75, 3.05) is 13.2 Å². The number of ether oxygens (including phenoxy) is 2. The van der Waals surface area contributed by atoms with Crippen LogP contribution in [0.5, 0.6) is 0 Å². The SMILES string of the molecule is O=C(CCCCCCCC(=O)OC(=O)C(O)CO)OC(=O)C(O)CO. The lowest BCUT2D eigenvalue weighted by atomic mass is 10.1. The van der Waals surface area contributed by atoms with Crippen molar-refractivity contribution in [1.82, 2.24) is 0 Å². The van der Waals surface area contributed by atoms with Gasteiger partial charge in [-0.2, -0.15) is 0 Å². The zero-order valence-corrected chi connectivity index (χ0v) is 13.8. The van der Waals surface area contributed by atoms with Crippen molar-refractivity contribution < 1.29 is 49.1 Å². The summed E-state index contributed by atoms with van der Waals surface area (Å²) in [6.07, 6.45) is -0.602. The lowest BCUT2D eigenvalue weighted by Crippen LogP contribution is -2.28. The molecule has 0 aromatic heterocycles. The number of carbonyl (C=O) groups excluding carboxylic acids is 4. The summed E-state index contributed by atoms with van der Waals surface area (Å²) in [4.78, 5) is 44.6. The van der Waals surface area contributed by atoms with Gasteiger partial charge < -0.3 is 29.9 Å². The highest BCUT2D eigenvalue weighted by atomic mass is 16.6. The minimum atomic E-state index is -1.73. The molecule has 2 unspecified atom stereocenters. The van der Waals surface area contributed by atoms with Crippen molar-refractivity contribution in [2.45, 2.75) is 57.2 Å². The van der Waals surface area contributed by atoms with Gasteiger partial charge in [0.2, 0.25) is 0 Å². The van der Waals surface area contributed by atoms with Gasteiger partial charge in [0, 0.05) is 12.8 Å². The molecule has 0 radical (unpaired) electrons. The van der Waals surface area contributed by atoms with Gasteiger partial charge in [-0.1, -0.05) is 19.3 Å². The number of hydrogen-bond acceptors (Lipinski definition) is 10. The predicted molar refractivity (Wildman–Crippen MR) is 80.7 cm³/mol. The first kappa shape index (κ1) is 23.1. The zero-order chi connectivity index (χ0) is 19.2. The summed E-state index contributed by atoms with van der Waals surface area (Å²) in [6, 6.07) is 0. The molecule has 0 bridgehead atoms. The highest BCUT2D eigenvalue weighted by Crippen LogP contribution is 2.09. The first-order chi connectivity index (χ1) is 11.8. The van der Waals surface area contributed by atoms with E-state index in [2.05, 4.69) is 9.47 Å². The molecule has 0 aromatic carbocycles. The summed E-state index contributed by atoms with van der Waals surface area (Å²) >= 11 is 0. The molecule has 10 heteroatoms. The molecule has 10 nitrogen and oxygen atoms in total. The molecule has 0 aliphatic rings. The van der Waals surface area contributed by atoms with Crippen molar-refractivity contribution >= 4 is 23.9 Å².